The first kappa shape index (κ1) is 14.9. The van der Waals surface area contributed by atoms with E-state index in [1.165, 1.54) is 36.8 Å². The summed E-state index contributed by atoms with van der Waals surface area (Å²) >= 11 is 6.29. The van der Waals surface area contributed by atoms with E-state index < -0.39 is 0 Å². The van der Waals surface area contributed by atoms with Gasteiger partial charge in [0.25, 0.3) is 0 Å². The lowest BCUT2D eigenvalue weighted by molar-refractivity contribution is 0.359. The monoisotopic (exact) mass is 279 g/mol. The summed E-state index contributed by atoms with van der Waals surface area (Å²) in [4.78, 5) is 0. The van der Waals surface area contributed by atoms with Crippen LogP contribution in [0.2, 0.25) is 5.02 Å². The van der Waals surface area contributed by atoms with Crippen LogP contribution in [0.3, 0.4) is 0 Å². The molecule has 0 heterocycles. The molecule has 0 radical (unpaired) electrons. The van der Waals surface area contributed by atoms with Crippen LogP contribution >= 0.6 is 11.6 Å². The maximum Gasteiger partial charge on any atom is 0.0438 e. The summed E-state index contributed by atoms with van der Waals surface area (Å²) in [7, 11) is 0. The van der Waals surface area contributed by atoms with Gasteiger partial charge in [0.15, 0.2) is 0 Å². The van der Waals surface area contributed by atoms with Gasteiger partial charge in [0.2, 0.25) is 0 Å². The Morgan fingerprint density at radius 3 is 2.68 bits per heavy atom. The molecule has 0 bridgehead atoms. The minimum absolute atomic E-state index is 0.472. The Bertz CT molecular complexity index is 416. The van der Waals surface area contributed by atoms with Gasteiger partial charge in [0, 0.05) is 11.1 Å². The van der Waals surface area contributed by atoms with E-state index >= 15 is 0 Å². The second-order valence-corrected chi connectivity index (χ2v) is 6.30. The Labute approximate surface area is 122 Å². The van der Waals surface area contributed by atoms with Crippen LogP contribution in [0.25, 0.3) is 0 Å². The molecule has 0 aliphatic heterocycles. The zero-order valence-electron chi connectivity index (χ0n) is 12.4. The molecule has 1 aromatic rings. The van der Waals surface area contributed by atoms with Crippen LogP contribution in [0.5, 0.6) is 0 Å². The molecule has 1 aromatic carbocycles. The molecular weight excluding hydrogens is 254 g/mol. The van der Waals surface area contributed by atoms with Crippen molar-refractivity contribution in [2.24, 2.45) is 11.8 Å². The number of hydrogen-bond donors (Lipinski definition) is 1. The summed E-state index contributed by atoms with van der Waals surface area (Å²) in [6.07, 6.45) is 5.42. The molecule has 1 nitrogen and oxygen atoms in total. The van der Waals surface area contributed by atoms with Crippen LogP contribution in [0.4, 0.5) is 0 Å². The zero-order chi connectivity index (χ0) is 13.8. The van der Waals surface area contributed by atoms with Crippen LogP contribution < -0.4 is 5.32 Å². The molecule has 2 heteroatoms. The smallest absolute Gasteiger partial charge is 0.0438 e. The molecule has 19 heavy (non-hydrogen) atoms. The van der Waals surface area contributed by atoms with Gasteiger partial charge in [-0.1, -0.05) is 50.4 Å². The minimum atomic E-state index is 0.472. The summed E-state index contributed by atoms with van der Waals surface area (Å²) < 4.78 is 0. The molecule has 3 unspecified atom stereocenters. The molecule has 1 aliphatic rings. The van der Waals surface area contributed by atoms with Gasteiger partial charge < -0.3 is 5.32 Å². The van der Waals surface area contributed by atoms with Crippen molar-refractivity contribution < 1.29 is 0 Å². The predicted octanol–water partition coefficient (Wildman–Crippen LogP) is 5.13. The Balaban J connectivity index is 2.17. The standard InChI is InChI=1S/C17H26ClN/c1-4-13-7-9-14(10-13)17(19-5-2)15-8-6-12(3)16(18)11-15/h6,8,11,13-14,17,19H,4-5,7,9-10H2,1-3H3. The summed E-state index contributed by atoms with van der Waals surface area (Å²) in [5, 5.41) is 4.57. The molecule has 106 valence electrons. The lowest BCUT2D eigenvalue weighted by atomic mass is 9.90. The van der Waals surface area contributed by atoms with E-state index in [-0.39, 0.29) is 0 Å². The lowest BCUT2D eigenvalue weighted by Crippen LogP contribution is -2.27. The van der Waals surface area contributed by atoms with Gasteiger partial charge in [-0.2, -0.15) is 0 Å². The number of benzene rings is 1. The van der Waals surface area contributed by atoms with Gasteiger partial charge in [-0.15, -0.1) is 0 Å². The second kappa shape index (κ2) is 6.76. The molecule has 1 aliphatic carbocycles. The highest BCUT2D eigenvalue weighted by atomic mass is 35.5. The SMILES string of the molecule is CCNC(c1ccc(C)c(Cl)c1)C1CCC(CC)C1. The Morgan fingerprint density at radius 2 is 2.11 bits per heavy atom. The van der Waals surface area contributed by atoms with Gasteiger partial charge in [-0.25, -0.2) is 0 Å². The molecule has 1 fully saturated rings. The molecule has 2 rings (SSSR count). The van der Waals surface area contributed by atoms with Crippen LogP contribution in [-0.4, -0.2) is 6.54 Å². The van der Waals surface area contributed by atoms with Crippen molar-refractivity contribution in [3.8, 4) is 0 Å². The Hall–Kier alpha value is -0.530. The average molecular weight is 280 g/mol. The third kappa shape index (κ3) is 3.52. The molecule has 3 atom stereocenters. The zero-order valence-corrected chi connectivity index (χ0v) is 13.1. The lowest BCUT2D eigenvalue weighted by Gasteiger charge is -2.25. The molecule has 0 aromatic heterocycles. The minimum Gasteiger partial charge on any atom is -0.310 e. The number of aryl methyl sites for hydroxylation is 1. The highest BCUT2D eigenvalue weighted by Crippen LogP contribution is 2.40. The first-order chi connectivity index (χ1) is 9.15. The topological polar surface area (TPSA) is 12.0 Å². The van der Waals surface area contributed by atoms with E-state index in [9.17, 15) is 0 Å². The van der Waals surface area contributed by atoms with Crippen LogP contribution in [-0.2, 0) is 0 Å². The van der Waals surface area contributed by atoms with Gasteiger partial charge in [-0.3, -0.25) is 0 Å². The van der Waals surface area contributed by atoms with Crippen LogP contribution in [0, 0.1) is 18.8 Å². The fourth-order valence-corrected chi connectivity index (χ4v) is 3.56. The van der Waals surface area contributed by atoms with Crippen molar-refractivity contribution in [1.29, 1.82) is 0 Å². The van der Waals surface area contributed by atoms with Crippen LogP contribution in [0.15, 0.2) is 18.2 Å². The third-order valence-corrected chi connectivity index (χ3v) is 5.02. The summed E-state index contributed by atoms with van der Waals surface area (Å²) in [6, 6.07) is 7.02. The van der Waals surface area contributed by atoms with E-state index in [2.05, 4.69) is 44.3 Å². The Kier molecular flexibility index (Phi) is 5.29. The number of hydrogen-bond acceptors (Lipinski definition) is 1. The fourth-order valence-electron chi connectivity index (χ4n) is 3.37. The van der Waals surface area contributed by atoms with E-state index in [0.29, 0.717) is 6.04 Å². The summed E-state index contributed by atoms with van der Waals surface area (Å²) in [6.45, 7) is 7.59. The Morgan fingerprint density at radius 1 is 1.32 bits per heavy atom. The first-order valence-corrected chi connectivity index (χ1v) is 8.02. The first-order valence-electron chi connectivity index (χ1n) is 7.65. The molecular formula is C17H26ClN. The highest BCUT2D eigenvalue weighted by Gasteiger charge is 2.30. The summed E-state index contributed by atoms with van der Waals surface area (Å²) in [5.41, 5.74) is 2.53. The molecule has 0 spiro atoms. The quantitative estimate of drug-likeness (QED) is 0.788. The third-order valence-electron chi connectivity index (χ3n) is 4.61. The largest absolute Gasteiger partial charge is 0.310 e. The van der Waals surface area contributed by atoms with E-state index in [1.807, 2.05) is 0 Å². The maximum absolute atomic E-state index is 6.29. The van der Waals surface area contributed by atoms with Crippen LogP contribution in [0.1, 0.15) is 56.7 Å². The van der Waals surface area contributed by atoms with Gasteiger partial charge in [0.05, 0.1) is 0 Å². The molecule has 0 amide bonds. The van der Waals surface area contributed by atoms with Crippen molar-refractivity contribution in [1.82, 2.24) is 5.32 Å². The summed E-state index contributed by atoms with van der Waals surface area (Å²) in [5.74, 6) is 1.69. The number of rotatable bonds is 5. The predicted molar refractivity (Wildman–Crippen MR) is 83.7 cm³/mol. The normalized spacial score (nSPS) is 24.6. The van der Waals surface area contributed by atoms with E-state index in [4.69, 9.17) is 11.6 Å². The fraction of sp³-hybridized carbons (Fsp3) is 0.647. The number of nitrogens with one attached hydrogen (secondary N) is 1. The van der Waals surface area contributed by atoms with Gasteiger partial charge in [-0.05, 0) is 55.3 Å². The van der Waals surface area contributed by atoms with Crippen molar-refractivity contribution in [2.75, 3.05) is 6.54 Å². The van der Waals surface area contributed by atoms with Crippen molar-refractivity contribution in [3.63, 3.8) is 0 Å². The van der Waals surface area contributed by atoms with Gasteiger partial charge in [0.1, 0.15) is 0 Å². The average Bonchev–Trinajstić information content (AvgIpc) is 2.88. The van der Waals surface area contributed by atoms with Crippen molar-refractivity contribution in [3.05, 3.63) is 34.3 Å². The highest BCUT2D eigenvalue weighted by molar-refractivity contribution is 6.31. The number of halogens is 1. The van der Waals surface area contributed by atoms with E-state index in [1.54, 1.807) is 0 Å². The van der Waals surface area contributed by atoms with Gasteiger partial charge >= 0.3 is 0 Å². The molecule has 1 N–H and O–H groups in total. The van der Waals surface area contributed by atoms with Crippen molar-refractivity contribution >= 4 is 11.6 Å². The molecule has 1 saturated carbocycles. The molecule has 0 saturated heterocycles. The van der Waals surface area contributed by atoms with E-state index in [0.717, 1.165) is 23.4 Å². The second-order valence-electron chi connectivity index (χ2n) is 5.89. The maximum atomic E-state index is 6.29. The van der Waals surface area contributed by atoms with Crippen molar-refractivity contribution in [2.45, 2.75) is 52.5 Å².